The molecule has 0 atom stereocenters. The third kappa shape index (κ3) is 5.22. The smallest absolute Gasteiger partial charge is 0.360 e. The van der Waals surface area contributed by atoms with Crippen molar-refractivity contribution in [1.82, 2.24) is 20.2 Å². The second kappa shape index (κ2) is 6.10. The summed E-state index contributed by atoms with van der Waals surface area (Å²) in [7, 11) is 1.57. The molecule has 14 heavy (non-hydrogen) atoms. The van der Waals surface area contributed by atoms with Crippen molar-refractivity contribution in [3.8, 4) is 0 Å². The molecule has 0 aliphatic rings. The van der Waals surface area contributed by atoms with Gasteiger partial charge in [0.1, 0.15) is 0 Å². The van der Waals surface area contributed by atoms with Gasteiger partial charge in [0.2, 0.25) is 0 Å². The molecule has 0 aliphatic carbocycles. The molecule has 11 nitrogen and oxygen atoms in total. The minimum atomic E-state index is -0.0208. The minimum Gasteiger partial charge on any atom is -0.775 e. The van der Waals surface area contributed by atoms with Crippen LogP contribution in [0.4, 0.5) is 5.95 Å². The molecule has 0 saturated carbocycles. The molecule has 0 aliphatic heterocycles. The van der Waals surface area contributed by atoms with Gasteiger partial charge in [-0.15, -0.1) is 10.2 Å². The van der Waals surface area contributed by atoms with Gasteiger partial charge >= 0.3 is 11.9 Å². The molecule has 0 fully saturated rings. The zero-order valence-electron chi connectivity index (χ0n) is 7.32. The van der Waals surface area contributed by atoms with E-state index in [0.29, 0.717) is 0 Å². The lowest BCUT2D eigenvalue weighted by Gasteiger charge is -1.81. The number of hydrogen-bond acceptors (Lipinski definition) is 7. The maximum absolute atomic E-state index is 9.45. The van der Waals surface area contributed by atoms with Crippen LogP contribution in [0.1, 0.15) is 0 Å². The Labute approximate surface area is 78.2 Å². The van der Waals surface area contributed by atoms with E-state index < -0.39 is 0 Å². The number of rotatable bonds is 1. The van der Waals surface area contributed by atoms with Crippen molar-refractivity contribution in [1.29, 1.82) is 0 Å². The first-order valence-electron chi connectivity index (χ1n) is 3.22. The van der Waals surface area contributed by atoms with Crippen LogP contribution in [0, 0.1) is 5.21 Å². The molecule has 0 spiro atoms. The molecular weight excluding hydrogens is 192 g/mol. The summed E-state index contributed by atoms with van der Waals surface area (Å²) < 4.78 is 0. The van der Waals surface area contributed by atoms with Gasteiger partial charge in [0.15, 0.2) is 0 Å². The van der Waals surface area contributed by atoms with E-state index in [2.05, 4.69) is 31.6 Å². The molecule has 1 rings (SSSR count). The molecular formula is C3H10N10O. The average molecular weight is 202 g/mol. The predicted molar refractivity (Wildman–Crippen MR) is 45.2 cm³/mol. The lowest BCUT2D eigenvalue weighted by Crippen LogP contribution is -2.84. The van der Waals surface area contributed by atoms with E-state index in [1.54, 1.807) is 7.05 Å². The van der Waals surface area contributed by atoms with Gasteiger partial charge in [-0.3, -0.25) is 17.3 Å². The third-order valence-corrected chi connectivity index (χ3v) is 0.795. The first-order valence-corrected chi connectivity index (χ1v) is 3.22. The fourth-order valence-corrected chi connectivity index (χ4v) is 0.351. The van der Waals surface area contributed by atoms with E-state index in [4.69, 9.17) is 11.5 Å². The van der Waals surface area contributed by atoms with E-state index in [-0.39, 0.29) is 11.9 Å². The van der Waals surface area contributed by atoms with Gasteiger partial charge < -0.3 is 5.21 Å². The highest BCUT2D eigenvalue weighted by atomic mass is 16.5. The van der Waals surface area contributed by atoms with E-state index in [1.807, 2.05) is 5.10 Å². The fraction of sp³-hybridized carbons (Fsp3) is 0.333. The molecule has 0 radical (unpaired) electrons. The molecule has 1 aromatic rings. The van der Waals surface area contributed by atoms with Crippen LogP contribution in [0.5, 0.6) is 0 Å². The molecule has 11 heteroatoms. The molecule has 1 aromatic heterocycles. The van der Waals surface area contributed by atoms with Gasteiger partial charge in [-0.1, -0.05) is 5.10 Å². The van der Waals surface area contributed by atoms with E-state index >= 15 is 0 Å². The van der Waals surface area contributed by atoms with Crippen molar-refractivity contribution in [2.24, 2.45) is 34.7 Å². The Balaban J connectivity index is 0.000000292. The fourth-order valence-electron chi connectivity index (χ4n) is 0.351. The molecule has 0 amide bonds. The Morgan fingerprint density at radius 1 is 1.57 bits per heavy atom. The number of nitrogens with zero attached hydrogens (tertiary/aromatic N) is 6. The number of hydrazone groups is 1. The highest BCUT2D eigenvalue weighted by molar-refractivity contribution is 5.68. The largest absolute Gasteiger partial charge is 0.775 e. The minimum absolute atomic E-state index is 0.0208. The number of tetrazole rings is 1. The standard InChI is InChI=1S/C2H4N6O.CH6N4/c1-8-5-2(3-6-8)4-7-9;2-1(3)5-4/h1H3,(H,4,5,9);4H2,(H4,2,3,5). The van der Waals surface area contributed by atoms with E-state index in [1.165, 1.54) is 4.80 Å². The number of nitrogens with one attached hydrogen (secondary N) is 1. The third-order valence-electron chi connectivity index (χ3n) is 0.795. The topological polar surface area (TPSA) is 183 Å². The first kappa shape index (κ1) is 11.5. The van der Waals surface area contributed by atoms with Crippen molar-refractivity contribution >= 4 is 11.9 Å². The lowest BCUT2D eigenvalue weighted by atomic mass is 11.1. The first-order chi connectivity index (χ1) is 6.60. The van der Waals surface area contributed by atoms with Crippen LogP contribution < -0.4 is 22.4 Å². The molecule has 0 unspecified atom stereocenters. The van der Waals surface area contributed by atoms with Crippen molar-refractivity contribution in [3.63, 3.8) is 0 Å². The number of aryl methyl sites for hydroxylation is 1. The Kier molecular flexibility index (Phi) is 5.03. The molecule has 0 aromatic carbocycles. The maximum Gasteiger partial charge on any atom is 0.360 e. The summed E-state index contributed by atoms with van der Waals surface area (Å²) in [5.41, 5.74) is 9.50. The summed E-state index contributed by atoms with van der Waals surface area (Å²) in [5, 5.41) is 26.9. The quantitative estimate of drug-likeness (QED) is 0.117. The van der Waals surface area contributed by atoms with E-state index in [9.17, 15) is 5.21 Å². The second-order valence-electron chi connectivity index (χ2n) is 1.86. The van der Waals surface area contributed by atoms with Gasteiger partial charge in [0.05, 0.1) is 7.05 Å². The van der Waals surface area contributed by atoms with Crippen LogP contribution in [0.2, 0.25) is 0 Å². The number of aromatic nitrogens is 4. The van der Waals surface area contributed by atoms with Gasteiger partial charge in [0, 0.05) is 0 Å². The van der Waals surface area contributed by atoms with Crippen molar-refractivity contribution < 1.29 is 5.10 Å². The van der Waals surface area contributed by atoms with Crippen molar-refractivity contribution in [2.75, 3.05) is 0 Å². The monoisotopic (exact) mass is 202 g/mol. The SMILES string of the molecule is Cn1nnc(/N=N/[O-])n1.N[NH+]=C(N)N. The number of guanidine groups is 1. The summed E-state index contributed by atoms with van der Waals surface area (Å²) in [6, 6.07) is 0. The van der Waals surface area contributed by atoms with Crippen LogP contribution >= 0.6 is 0 Å². The van der Waals surface area contributed by atoms with E-state index in [0.717, 1.165) is 0 Å². The van der Waals surface area contributed by atoms with Gasteiger partial charge in [0.25, 0.3) is 0 Å². The Hall–Kier alpha value is -2.46. The second-order valence-corrected chi connectivity index (χ2v) is 1.86. The summed E-state index contributed by atoms with van der Waals surface area (Å²) in [6.45, 7) is 0. The number of nitrogens with two attached hydrogens (primary N) is 3. The van der Waals surface area contributed by atoms with Crippen LogP contribution in [0.15, 0.2) is 10.4 Å². The highest BCUT2D eigenvalue weighted by Gasteiger charge is 1.92. The van der Waals surface area contributed by atoms with Crippen molar-refractivity contribution in [2.45, 2.75) is 0 Å². The summed E-state index contributed by atoms with van der Waals surface area (Å²) in [4.78, 5) is 1.18. The molecule has 1 heterocycles. The molecule has 0 saturated heterocycles. The number of hydrazine groups is 1. The lowest BCUT2D eigenvalue weighted by molar-refractivity contribution is -0.471. The number of hydrogen-bond donors (Lipinski definition) is 4. The zero-order chi connectivity index (χ0) is 11.0. The summed E-state index contributed by atoms with van der Waals surface area (Å²) in [6.07, 6.45) is 0. The maximum atomic E-state index is 9.45. The predicted octanol–water partition coefficient (Wildman–Crippen LogP) is -3.99. The normalized spacial score (nSPS) is 9.21. The van der Waals surface area contributed by atoms with Gasteiger partial charge in [-0.05, 0) is 5.21 Å². The van der Waals surface area contributed by atoms with Crippen LogP contribution in [0.25, 0.3) is 0 Å². The van der Waals surface area contributed by atoms with Crippen molar-refractivity contribution in [3.05, 3.63) is 5.21 Å². The Morgan fingerprint density at radius 3 is 2.43 bits per heavy atom. The van der Waals surface area contributed by atoms with Crippen LogP contribution in [0.3, 0.4) is 0 Å². The zero-order valence-corrected chi connectivity index (χ0v) is 7.32. The van der Waals surface area contributed by atoms with Crippen LogP contribution in [-0.2, 0) is 7.05 Å². The summed E-state index contributed by atoms with van der Waals surface area (Å²) >= 11 is 0. The molecule has 7 N–H and O–H groups in total. The van der Waals surface area contributed by atoms with Gasteiger partial charge in [-0.25, -0.2) is 5.28 Å². The summed E-state index contributed by atoms with van der Waals surface area (Å²) in [5.74, 6) is 4.65. The Bertz CT molecular complexity index is 309. The van der Waals surface area contributed by atoms with Gasteiger partial charge in [-0.2, -0.15) is 9.90 Å². The molecule has 78 valence electrons. The molecule has 0 bridgehead atoms. The average Bonchev–Trinajstić information content (AvgIpc) is 2.53. The highest BCUT2D eigenvalue weighted by Crippen LogP contribution is 1.96. The Morgan fingerprint density at radius 2 is 2.14 bits per heavy atom. The van der Waals surface area contributed by atoms with Crippen LogP contribution in [-0.4, -0.2) is 26.2 Å².